The lowest BCUT2D eigenvalue weighted by atomic mass is 10.2. The lowest BCUT2D eigenvalue weighted by Crippen LogP contribution is -2.03. The van der Waals surface area contributed by atoms with E-state index in [1.54, 1.807) is 29.1 Å². The van der Waals surface area contributed by atoms with Crippen LogP contribution >= 0.6 is 23.2 Å². The SMILES string of the molecule is [CH2]Cc1cnn(-c2cc(Cl)ccc2Cl)c1N. The van der Waals surface area contributed by atoms with Crippen LogP contribution in [0.25, 0.3) is 5.69 Å². The fourth-order valence-electron chi connectivity index (χ4n) is 1.42. The largest absolute Gasteiger partial charge is 0.383 e. The van der Waals surface area contributed by atoms with Crippen molar-refractivity contribution in [2.75, 3.05) is 5.73 Å². The van der Waals surface area contributed by atoms with E-state index in [1.165, 1.54) is 0 Å². The zero-order valence-corrected chi connectivity index (χ0v) is 9.96. The van der Waals surface area contributed by atoms with Gasteiger partial charge in [0.1, 0.15) is 5.82 Å². The van der Waals surface area contributed by atoms with E-state index >= 15 is 0 Å². The molecule has 5 heteroatoms. The van der Waals surface area contributed by atoms with Gasteiger partial charge in [-0.3, -0.25) is 0 Å². The van der Waals surface area contributed by atoms with E-state index < -0.39 is 0 Å². The third kappa shape index (κ3) is 1.88. The molecule has 2 aromatic rings. The van der Waals surface area contributed by atoms with Crippen LogP contribution in [-0.4, -0.2) is 9.78 Å². The van der Waals surface area contributed by atoms with Gasteiger partial charge in [-0.15, -0.1) is 0 Å². The molecule has 2 N–H and O–H groups in total. The third-order valence-electron chi connectivity index (χ3n) is 2.29. The number of anilines is 1. The summed E-state index contributed by atoms with van der Waals surface area (Å²) >= 11 is 12.0. The second-order valence-electron chi connectivity index (χ2n) is 3.31. The molecule has 0 aliphatic heterocycles. The average Bonchev–Trinajstić information content (AvgIpc) is 2.63. The lowest BCUT2D eigenvalue weighted by molar-refractivity contribution is 0.891. The van der Waals surface area contributed by atoms with Gasteiger partial charge < -0.3 is 5.73 Å². The molecule has 0 bridgehead atoms. The zero-order valence-electron chi connectivity index (χ0n) is 8.45. The Morgan fingerprint density at radius 1 is 1.38 bits per heavy atom. The molecule has 0 spiro atoms. The molecule has 0 fully saturated rings. The molecule has 16 heavy (non-hydrogen) atoms. The second-order valence-corrected chi connectivity index (χ2v) is 4.16. The van der Waals surface area contributed by atoms with Crippen molar-refractivity contribution in [3.05, 3.63) is 46.9 Å². The number of nitrogens with two attached hydrogens (primary N) is 1. The summed E-state index contributed by atoms with van der Waals surface area (Å²) in [5, 5.41) is 5.31. The molecular weight excluding hydrogens is 245 g/mol. The third-order valence-corrected chi connectivity index (χ3v) is 2.85. The van der Waals surface area contributed by atoms with E-state index in [1.807, 2.05) is 0 Å². The second kappa shape index (κ2) is 4.36. The van der Waals surface area contributed by atoms with Crippen molar-refractivity contribution < 1.29 is 0 Å². The van der Waals surface area contributed by atoms with Crippen LogP contribution in [0.3, 0.4) is 0 Å². The highest BCUT2D eigenvalue weighted by molar-refractivity contribution is 6.34. The van der Waals surface area contributed by atoms with Crippen molar-refractivity contribution in [1.29, 1.82) is 0 Å². The Balaban J connectivity index is 2.58. The van der Waals surface area contributed by atoms with Crippen LogP contribution in [0.5, 0.6) is 0 Å². The van der Waals surface area contributed by atoms with Gasteiger partial charge in [0.2, 0.25) is 0 Å². The van der Waals surface area contributed by atoms with Crippen molar-refractivity contribution in [1.82, 2.24) is 9.78 Å². The highest BCUT2D eigenvalue weighted by Gasteiger charge is 2.10. The van der Waals surface area contributed by atoms with Gasteiger partial charge in [0.25, 0.3) is 0 Å². The summed E-state index contributed by atoms with van der Waals surface area (Å²) in [6, 6.07) is 5.15. The molecule has 83 valence electrons. The topological polar surface area (TPSA) is 43.8 Å². The van der Waals surface area contributed by atoms with E-state index in [4.69, 9.17) is 28.9 Å². The Hall–Kier alpha value is -1.19. The number of hydrogen-bond acceptors (Lipinski definition) is 2. The summed E-state index contributed by atoms with van der Waals surface area (Å²) in [6.07, 6.45) is 2.27. The lowest BCUT2D eigenvalue weighted by Gasteiger charge is -2.07. The maximum absolute atomic E-state index is 6.06. The Kier molecular flexibility index (Phi) is 3.08. The molecule has 3 nitrogen and oxygen atoms in total. The number of rotatable bonds is 2. The molecule has 2 rings (SSSR count). The standard InChI is InChI=1S/C11H10Cl2N3/c1-2-7-6-15-16(11(7)14)10-5-8(12)3-4-9(10)13/h3-6H,1-2,14H2. The predicted molar refractivity (Wildman–Crippen MR) is 67.1 cm³/mol. The first-order valence-corrected chi connectivity index (χ1v) is 5.46. The van der Waals surface area contributed by atoms with E-state index in [0.29, 0.717) is 28.0 Å². The molecule has 0 atom stereocenters. The summed E-state index contributed by atoms with van der Waals surface area (Å²) in [5.74, 6) is 0.541. The number of aromatic nitrogens is 2. The maximum Gasteiger partial charge on any atom is 0.130 e. The molecule has 0 amide bonds. The predicted octanol–water partition coefficient (Wildman–Crippen LogP) is 3.14. The number of hydrogen-bond donors (Lipinski definition) is 1. The molecular formula is C11H10Cl2N3. The molecule has 1 aromatic carbocycles. The Bertz CT molecular complexity index is 520. The van der Waals surface area contributed by atoms with Crippen LogP contribution in [0.4, 0.5) is 5.82 Å². The summed E-state index contributed by atoms with van der Waals surface area (Å²) in [7, 11) is 0. The minimum absolute atomic E-state index is 0.541. The molecule has 1 aromatic heterocycles. The number of halogens is 2. The van der Waals surface area contributed by atoms with Gasteiger partial charge in [-0.2, -0.15) is 5.10 Å². The fraction of sp³-hybridized carbons (Fsp3) is 0.0909. The average molecular weight is 255 g/mol. The van der Waals surface area contributed by atoms with E-state index in [-0.39, 0.29) is 0 Å². The van der Waals surface area contributed by atoms with Crippen molar-refractivity contribution in [3.8, 4) is 5.69 Å². The first kappa shape index (κ1) is 11.3. The van der Waals surface area contributed by atoms with Crippen molar-refractivity contribution in [2.45, 2.75) is 6.42 Å². The summed E-state index contributed by atoms with van der Waals surface area (Å²) < 4.78 is 1.56. The van der Waals surface area contributed by atoms with Crippen LogP contribution < -0.4 is 5.73 Å². The number of nitrogen functional groups attached to an aromatic ring is 1. The molecule has 1 radical (unpaired) electrons. The minimum atomic E-state index is 0.541. The van der Waals surface area contributed by atoms with Gasteiger partial charge in [-0.1, -0.05) is 23.2 Å². The highest BCUT2D eigenvalue weighted by Crippen LogP contribution is 2.26. The van der Waals surface area contributed by atoms with Gasteiger partial charge in [0.15, 0.2) is 0 Å². The quantitative estimate of drug-likeness (QED) is 0.895. The Labute approximate surface area is 104 Å². The van der Waals surface area contributed by atoms with Crippen molar-refractivity contribution in [2.24, 2.45) is 0 Å². The van der Waals surface area contributed by atoms with Crippen LogP contribution in [0.2, 0.25) is 10.0 Å². The number of nitrogens with zero attached hydrogens (tertiary/aromatic N) is 2. The first-order chi connectivity index (χ1) is 7.63. The normalized spacial score (nSPS) is 10.7. The maximum atomic E-state index is 6.06. The van der Waals surface area contributed by atoms with Gasteiger partial charge in [-0.25, -0.2) is 4.68 Å². The molecule has 0 saturated heterocycles. The summed E-state index contributed by atoms with van der Waals surface area (Å²) in [4.78, 5) is 0. The monoisotopic (exact) mass is 254 g/mol. The van der Waals surface area contributed by atoms with Gasteiger partial charge in [-0.05, 0) is 31.5 Å². The Morgan fingerprint density at radius 2 is 2.12 bits per heavy atom. The van der Waals surface area contributed by atoms with Gasteiger partial charge in [0.05, 0.1) is 16.9 Å². The summed E-state index contributed by atoms with van der Waals surface area (Å²) in [6.45, 7) is 3.77. The van der Waals surface area contributed by atoms with E-state index in [9.17, 15) is 0 Å². The first-order valence-electron chi connectivity index (χ1n) is 4.70. The van der Waals surface area contributed by atoms with Gasteiger partial charge >= 0.3 is 0 Å². The Morgan fingerprint density at radius 3 is 2.75 bits per heavy atom. The molecule has 0 unspecified atom stereocenters. The number of benzene rings is 1. The van der Waals surface area contributed by atoms with Crippen LogP contribution in [0.1, 0.15) is 5.56 Å². The molecule has 0 aliphatic carbocycles. The zero-order chi connectivity index (χ0) is 11.7. The minimum Gasteiger partial charge on any atom is -0.383 e. The van der Waals surface area contributed by atoms with Crippen LogP contribution in [0.15, 0.2) is 24.4 Å². The fourth-order valence-corrected chi connectivity index (χ4v) is 1.79. The van der Waals surface area contributed by atoms with Gasteiger partial charge in [0, 0.05) is 10.6 Å². The summed E-state index contributed by atoms with van der Waals surface area (Å²) in [5.41, 5.74) is 7.48. The van der Waals surface area contributed by atoms with E-state index in [0.717, 1.165) is 5.56 Å². The smallest absolute Gasteiger partial charge is 0.130 e. The van der Waals surface area contributed by atoms with Crippen molar-refractivity contribution in [3.63, 3.8) is 0 Å². The van der Waals surface area contributed by atoms with Crippen LogP contribution in [-0.2, 0) is 6.42 Å². The van der Waals surface area contributed by atoms with Crippen molar-refractivity contribution >= 4 is 29.0 Å². The highest BCUT2D eigenvalue weighted by atomic mass is 35.5. The molecule has 0 saturated carbocycles. The molecule has 1 heterocycles. The molecule has 0 aliphatic rings. The van der Waals surface area contributed by atoms with Crippen LogP contribution in [0, 0.1) is 6.92 Å². The van der Waals surface area contributed by atoms with E-state index in [2.05, 4.69) is 12.0 Å².